The second-order valence-corrected chi connectivity index (χ2v) is 6.50. The van der Waals surface area contributed by atoms with Crippen LogP contribution in [0.15, 0.2) is 30.6 Å². The Hall–Kier alpha value is -1.97. The number of imidazole rings is 1. The summed E-state index contributed by atoms with van der Waals surface area (Å²) in [5, 5.41) is 13.0. The molecule has 1 amide bonds. The molecule has 0 bridgehead atoms. The predicted octanol–water partition coefficient (Wildman–Crippen LogP) is 3.06. The van der Waals surface area contributed by atoms with Crippen molar-refractivity contribution in [3.63, 3.8) is 0 Å². The van der Waals surface area contributed by atoms with Crippen LogP contribution < -0.4 is 10.1 Å². The molecule has 6 nitrogen and oxygen atoms in total. The van der Waals surface area contributed by atoms with Gasteiger partial charge < -0.3 is 19.7 Å². The van der Waals surface area contributed by atoms with Gasteiger partial charge in [-0.05, 0) is 12.1 Å². The van der Waals surface area contributed by atoms with E-state index in [9.17, 15) is 23.1 Å². The van der Waals surface area contributed by atoms with Crippen molar-refractivity contribution in [1.82, 2.24) is 14.9 Å². The van der Waals surface area contributed by atoms with Crippen LogP contribution in [-0.2, 0) is 17.4 Å². The van der Waals surface area contributed by atoms with Crippen LogP contribution in [0.3, 0.4) is 0 Å². The summed E-state index contributed by atoms with van der Waals surface area (Å²) in [5.41, 5.74) is -3.19. The summed E-state index contributed by atoms with van der Waals surface area (Å²) in [6, 6.07) is 4.37. The number of aliphatic hydroxyl groups is 1. The van der Waals surface area contributed by atoms with Crippen molar-refractivity contribution >= 4 is 29.1 Å². The van der Waals surface area contributed by atoms with E-state index >= 15 is 0 Å². The van der Waals surface area contributed by atoms with Gasteiger partial charge in [-0.25, -0.2) is 4.98 Å². The fraction of sp³-hybridized carbons (Fsp3) is 0.375. The van der Waals surface area contributed by atoms with Crippen LogP contribution in [0.2, 0.25) is 10.0 Å². The standard InChI is InChI=1S/C16H16Cl2F3N3O3/c1-24-7-6-23-14(24)15(26,16(19,20)21)4-5-22-13(25)9-27-10-2-3-11(17)12(18)8-10/h2-3,6-8,26H,4-5,9H2,1H3,(H,22,25). The number of hydrogen-bond donors (Lipinski definition) is 2. The number of carbonyl (C=O) groups excluding carboxylic acids is 1. The molecule has 1 heterocycles. The molecule has 0 fully saturated rings. The van der Waals surface area contributed by atoms with Crippen LogP contribution in [0.25, 0.3) is 0 Å². The smallest absolute Gasteiger partial charge is 0.424 e. The molecule has 0 aliphatic carbocycles. The van der Waals surface area contributed by atoms with Crippen molar-refractivity contribution in [1.29, 1.82) is 0 Å². The summed E-state index contributed by atoms with van der Waals surface area (Å²) < 4.78 is 46.3. The Morgan fingerprint density at radius 1 is 1.33 bits per heavy atom. The van der Waals surface area contributed by atoms with E-state index in [-0.39, 0.29) is 10.8 Å². The van der Waals surface area contributed by atoms with E-state index in [2.05, 4.69) is 10.3 Å². The Morgan fingerprint density at radius 2 is 2.04 bits per heavy atom. The monoisotopic (exact) mass is 425 g/mol. The molecule has 1 aromatic carbocycles. The number of rotatable bonds is 7. The van der Waals surface area contributed by atoms with Gasteiger partial charge in [0.2, 0.25) is 5.60 Å². The van der Waals surface area contributed by atoms with E-state index in [0.29, 0.717) is 5.02 Å². The number of nitrogens with one attached hydrogen (secondary N) is 1. The fourth-order valence-electron chi connectivity index (χ4n) is 2.29. The largest absolute Gasteiger partial charge is 0.484 e. The lowest BCUT2D eigenvalue weighted by molar-refractivity contribution is -0.272. The van der Waals surface area contributed by atoms with Gasteiger partial charge in [-0.3, -0.25) is 4.79 Å². The molecule has 2 aromatic rings. The second-order valence-electron chi connectivity index (χ2n) is 5.68. The Balaban J connectivity index is 1.92. The highest BCUT2D eigenvalue weighted by Crippen LogP contribution is 2.40. The predicted molar refractivity (Wildman–Crippen MR) is 92.7 cm³/mol. The minimum absolute atomic E-state index is 0.236. The molecule has 0 saturated carbocycles. The number of benzene rings is 1. The Bertz CT molecular complexity index is 814. The van der Waals surface area contributed by atoms with Crippen LogP contribution in [0.4, 0.5) is 13.2 Å². The molecule has 148 valence electrons. The van der Waals surface area contributed by atoms with Crippen molar-refractivity contribution < 1.29 is 27.8 Å². The van der Waals surface area contributed by atoms with Gasteiger partial charge in [0.25, 0.3) is 5.91 Å². The van der Waals surface area contributed by atoms with Crippen LogP contribution in [0.5, 0.6) is 5.75 Å². The molecular weight excluding hydrogens is 410 g/mol. The number of aromatic nitrogens is 2. The van der Waals surface area contributed by atoms with Crippen LogP contribution in [0, 0.1) is 0 Å². The van der Waals surface area contributed by atoms with Gasteiger partial charge in [-0.15, -0.1) is 0 Å². The van der Waals surface area contributed by atoms with Crippen molar-refractivity contribution in [2.75, 3.05) is 13.2 Å². The lowest BCUT2D eigenvalue weighted by Crippen LogP contribution is -2.47. The molecule has 2 N–H and O–H groups in total. The summed E-state index contributed by atoms with van der Waals surface area (Å²) in [5.74, 6) is -0.943. The van der Waals surface area contributed by atoms with Gasteiger partial charge in [0.05, 0.1) is 10.0 Å². The average molecular weight is 426 g/mol. The van der Waals surface area contributed by atoms with Gasteiger partial charge in [0, 0.05) is 38.5 Å². The molecule has 0 aliphatic heterocycles. The lowest BCUT2D eigenvalue weighted by atomic mass is 9.97. The number of hydrogen-bond acceptors (Lipinski definition) is 4. The second kappa shape index (κ2) is 8.37. The van der Waals surface area contributed by atoms with Crippen LogP contribution in [0.1, 0.15) is 12.2 Å². The number of aryl methyl sites for hydroxylation is 1. The van der Waals surface area contributed by atoms with Crippen LogP contribution >= 0.6 is 23.2 Å². The first-order valence-electron chi connectivity index (χ1n) is 7.66. The average Bonchev–Trinajstić information content (AvgIpc) is 3.01. The minimum Gasteiger partial charge on any atom is -0.484 e. The molecule has 0 radical (unpaired) electrons. The normalized spacial score (nSPS) is 13.9. The first kappa shape index (κ1) is 21.3. The number of halogens is 5. The SMILES string of the molecule is Cn1ccnc1C(O)(CCNC(=O)COc1ccc(Cl)c(Cl)c1)C(F)(F)F. The molecule has 27 heavy (non-hydrogen) atoms. The summed E-state index contributed by atoms with van der Waals surface area (Å²) in [4.78, 5) is 15.4. The molecule has 11 heteroatoms. The summed E-state index contributed by atoms with van der Waals surface area (Å²) in [7, 11) is 1.34. The first-order valence-corrected chi connectivity index (χ1v) is 8.41. The summed E-state index contributed by atoms with van der Waals surface area (Å²) in [6.45, 7) is -0.878. The third kappa shape index (κ3) is 5.06. The van der Waals surface area contributed by atoms with E-state index in [1.165, 1.54) is 31.4 Å². The maximum Gasteiger partial charge on any atom is 0.424 e. The van der Waals surface area contributed by atoms with Gasteiger partial charge in [0.1, 0.15) is 11.6 Å². The minimum atomic E-state index is -4.96. The number of carbonyl (C=O) groups is 1. The van der Waals surface area contributed by atoms with E-state index in [1.54, 1.807) is 0 Å². The quantitative estimate of drug-likeness (QED) is 0.714. The molecule has 1 atom stereocenters. The maximum absolute atomic E-state index is 13.3. The molecule has 0 saturated heterocycles. The van der Waals surface area contributed by atoms with Gasteiger partial charge >= 0.3 is 6.18 Å². The van der Waals surface area contributed by atoms with Gasteiger partial charge in [-0.2, -0.15) is 13.2 Å². The van der Waals surface area contributed by atoms with E-state index in [0.717, 1.165) is 10.8 Å². The van der Waals surface area contributed by atoms with Gasteiger partial charge in [0.15, 0.2) is 6.61 Å². The van der Waals surface area contributed by atoms with Crippen LogP contribution in [-0.4, -0.2) is 39.9 Å². The van der Waals surface area contributed by atoms with Crippen molar-refractivity contribution in [3.8, 4) is 5.75 Å². The summed E-state index contributed by atoms with van der Waals surface area (Å²) >= 11 is 11.6. The fourth-order valence-corrected chi connectivity index (χ4v) is 2.58. The van der Waals surface area contributed by atoms with E-state index in [4.69, 9.17) is 27.9 Å². The lowest BCUT2D eigenvalue weighted by Gasteiger charge is -2.29. The number of amides is 1. The zero-order valence-electron chi connectivity index (χ0n) is 14.1. The Labute approximate surface area is 162 Å². The van der Waals surface area contributed by atoms with E-state index in [1.807, 2.05) is 0 Å². The molecule has 2 rings (SSSR count). The number of nitrogens with zero attached hydrogens (tertiary/aromatic N) is 2. The first-order chi connectivity index (χ1) is 12.5. The van der Waals surface area contributed by atoms with Crippen molar-refractivity contribution in [2.45, 2.75) is 18.2 Å². The number of alkyl halides is 3. The van der Waals surface area contributed by atoms with E-state index < -0.39 is 43.1 Å². The highest BCUT2D eigenvalue weighted by molar-refractivity contribution is 6.42. The molecule has 0 aliphatic rings. The Morgan fingerprint density at radius 3 is 2.59 bits per heavy atom. The van der Waals surface area contributed by atoms with Crippen molar-refractivity contribution in [3.05, 3.63) is 46.5 Å². The maximum atomic E-state index is 13.3. The summed E-state index contributed by atoms with van der Waals surface area (Å²) in [6.07, 6.45) is -3.33. The highest BCUT2D eigenvalue weighted by Gasteiger charge is 2.57. The number of ether oxygens (including phenoxy) is 1. The molecule has 0 spiro atoms. The Kier molecular flexibility index (Phi) is 6.61. The van der Waals surface area contributed by atoms with Crippen molar-refractivity contribution in [2.24, 2.45) is 7.05 Å². The molecule has 1 aromatic heterocycles. The highest BCUT2D eigenvalue weighted by atomic mass is 35.5. The third-order valence-corrected chi connectivity index (χ3v) is 4.47. The topological polar surface area (TPSA) is 76.4 Å². The molecule has 1 unspecified atom stereocenters. The molecular formula is C16H16Cl2F3N3O3. The zero-order valence-corrected chi connectivity index (χ0v) is 15.6. The third-order valence-electron chi connectivity index (χ3n) is 3.73. The van der Waals surface area contributed by atoms with Gasteiger partial charge in [-0.1, -0.05) is 23.2 Å². The zero-order chi connectivity index (χ0) is 20.2.